The van der Waals surface area contributed by atoms with Crippen molar-refractivity contribution in [1.29, 1.82) is 0 Å². The van der Waals surface area contributed by atoms with Gasteiger partial charge < -0.3 is 4.90 Å². The summed E-state index contributed by atoms with van der Waals surface area (Å²) in [6.45, 7) is 7.97. The van der Waals surface area contributed by atoms with Gasteiger partial charge in [-0.05, 0) is 30.7 Å². The number of nitrogens with zero attached hydrogens (tertiary/aromatic N) is 3. The Morgan fingerprint density at radius 2 is 1.86 bits per heavy atom. The Kier molecular flexibility index (Phi) is 5.06. The third kappa shape index (κ3) is 3.61. The summed E-state index contributed by atoms with van der Waals surface area (Å²) in [6.07, 6.45) is 2.65. The molecule has 1 fully saturated rings. The topological polar surface area (TPSA) is 55.2 Å². The Hall–Kier alpha value is -2.47. The minimum atomic E-state index is -0.145. The van der Waals surface area contributed by atoms with Crippen molar-refractivity contribution in [2.75, 3.05) is 13.1 Å². The molecule has 0 spiro atoms. The smallest absolute Gasteiger partial charge is 0.263 e. The molecule has 0 bridgehead atoms. The third-order valence-electron chi connectivity index (χ3n) is 5.45. The Morgan fingerprint density at radius 1 is 1.18 bits per heavy atom. The first-order valence-corrected chi connectivity index (χ1v) is 10.6. The summed E-state index contributed by atoms with van der Waals surface area (Å²) < 4.78 is 1.46. The third-order valence-corrected chi connectivity index (χ3v) is 6.34. The summed E-state index contributed by atoms with van der Waals surface area (Å²) in [7, 11) is 0. The molecule has 28 heavy (non-hydrogen) atoms. The van der Waals surface area contributed by atoms with Crippen LogP contribution >= 0.6 is 11.3 Å². The lowest BCUT2D eigenvalue weighted by atomic mass is 9.92. The van der Waals surface area contributed by atoms with E-state index in [4.69, 9.17) is 0 Å². The number of aromatic nitrogens is 2. The summed E-state index contributed by atoms with van der Waals surface area (Å²) in [5.74, 6) is 0.985. The number of likely N-dealkylation sites (tertiary alicyclic amines) is 1. The lowest BCUT2D eigenvalue weighted by Gasteiger charge is -2.35. The summed E-state index contributed by atoms with van der Waals surface area (Å²) >= 11 is 1.46. The molecule has 2 atom stereocenters. The lowest BCUT2D eigenvalue weighted by Crippen LogP contribution is -2.44. The summed E-state index contributed by atoms with van der Waals surface area (Å²) in [6, 6.07) is 8.12. The van der Waals surface area contributed by atoms with E-state index in [1.165, 1.54) is 27.8 Å². The fraction of sp³-hybridized carbons (Fsp3) is 0.409. The molecule has 0 aliphatic carbocycles. The number of fused-ring (bicyclic) bond motifs is 1. The van der Waals surface area contributed by atoms with Gasteiger partial charge in [0.15, 0.2) is 0 Å². The maximum absolute atomic E-state index is 13.2. The molecule has 3 heterocycles. The Morgan fingerprint density at radius 3 is 2.54 bits per heavy atom. The molecule has 0 radical (unpaired) electrons. The average molecular weight is 396 g/mol. The van der Waals surface area contributed by atoms with Crippen molar-refractivity contribution in [3.63, 3.8) is 0 Å². The number of piperidine rings is 1. The van der Waals surface area contributed by atoms with Gasteiger partial charge in [0, 0.05) is 24.0 Å². The van der Waals surface area contributed by atoms with Crippen molar-refractivity contribution < 1.29 is 4.79 Å². The standard InChI is InChI=1S/C22H25N3O2S/c1-14-4-6-17(7-5-14)18-12-28-21-20(18)22(27)25(13-23-21)11-19(26)24-9-15(2)8-16(3)10-24/h4-7,12-13,15-16H,8-11H2,1-3H3/t15-,16-/m0/s1. The van der Waals surface area contributed by atoms with Crippen LogP contribution in [-0.2, 0) is 11.3 Å². The minimum Gasteiger partial charge on any atom is -0.341 e. The van der Waals surface area contributed by atoms with E-state index >= 15 is 0 Å². The van der Waals surface area contributed by atoms with Crippen LogP contribution in [0.15, 0.2) is 40.8 Å². The van der Waals surface area contributed by atoms with Crippen LogP contribution in [0.4, 0.5) is 0 Å². The van der Waals surface area contributed by atoms with Crippen LogP contribution in [0.1, 0.15) is 25.8 Å². The number of thiophene rings is 1. The SMILES string of the molecule is Cc1ccc(-c2csc3ncn(CC(=O)N4C[C@@H](C)C[C@H](C)C4)c(=O)c23)cc1. The molecule has 5 nitrogen and oxygen atoms in total. The van der Waals surface area contributed by atoms with Gasteiger partial charge in [-0.15, -0.1) is 11.3 Å². The van der Waals surface area contributed by atoms with Gasteiger partial charge in [0.1, 0.15) is 11.4 Å². The van der Waals surface area contributed by atoms with Crippen LogP contribution in [0, 0.1) is 18.8 Å². The van der Waals surface area contributed by atoms with Crippen molar-refractivity contribution >= 4 is 27.5 Å². The van der Waals surface area contributed by atoms with E-state index in [0.29, 0.717) is 22.1 Å². The van der Waals surface area contributed by atoms with Gasteiger partial charge in [0.25, 0.3) is 5.56 Å². The van der Waals surface area contributed by atoms with Crippen LogP contribution in [0.25, 0.3) is 21.3 Å². The molecular formula is C22H25N3O2S. The molecule has 1 aromatic carbocycles. The number of carbonyl (C=O) groups is 1. The highest BCUT2D eigenvalue weighted by Gasteiger charge is 2.26. The van der Waals surface area contributed by atoms with E-state index < -0.39 is 0 Å². The van der Waals surface area contributed by atoms with Crippen LogP contribution in [0.5, 0.6) is 0 Å². The van der Waals surface area contributed by atoms with Crippen molar-refractivity contribution in [3.8, 4) is 11.1 Å². The molecule has 4 rings (SSSR count). The van der Waals surface area contributed by atoms with Crippen LogP contribution in [0.3, 0.4) is 0 Å². The van der Waals surface area contributed by atoms with Gasteiger partial charge >= 0.3 is 0 Å². The summed E-state index contributed by atoms with van der Waals surface area (Å²) in [4.78, 5) is 33.0. The molecule has 2 aromatic heterocycles. The maximum Gasteiger partial charge on any atom is 0.263 e. The molecule has 0 N–H and O–H groups in total. The van der Waals surface area contributed by atoms with Crippen LogP contribution in [-0.4, -0.2) is 33.4 Å². The van der Waals surface area contributed by atoms with Crippen molar-refractivity contribution in [2.24, 2.45) is 11.8 Å². The Bertz CT molecular complexity index is 1060. The summed E-state index contributed by atoms with van der Waals surface area (Å²) in [5, 5.41) is 2.58. The second kappa shape index (κ2) is 7.51. The Labute approximate surface area is 168 Å². The van der Waals surface area contributed by atoms with E-state index in [1.54, 1.807) is 0 Å². The zero-order valence-corrected chi connectivity index (χ0v) is 17.3. The predicted molar refractivity (Wildman–Crippen MR) is 114 cm³/mol. The molecule has 1 saturated heterocycles. The molecular weight excluding hydrogens is 370 g/mol. The maximum atomic E-state index is 13.2. The highest BCUT2D eigenvalue weighted by atomic mass is 32.1. The van der Waals surface area contributed by atoms with Crippen LogP contribution in [0.2, 0.25) is 0 Å². The van der Waals surface area contributed by atoms with E-state index in [1.807, 2.05) is 41.5 Å². The fourth-order valence-corrected chi connectivity index (χ4v) is 5.04. The van der Waals surface area contributed by atoms with Crippen molar-refractivity contribution in [1.82, 2.24) is 14.5 Å². The minimum absolute atomic E-state index is 0.00577. The highest BCUT2D eigenvalue weighted by Crippen LogP contribution is 2.30. The fourth-order valence-electron chi connectivity index (χ4n) is 4.14. The average Bonchev–Trinajstić information content (AvgIpc) is 3.08. The number of hydrogen-bond acceptors (Lipinski definition) is 4. The quantitative estimate of drug-likeness (QED) is 0.675. The monoisotopic (exact) mass is 395 g/mol. The lowest BCUT2D eigenvalue weighted by molar-refractivity contribution is -0.134. The first kappa shape index (κ1) is 18.9. The molecule has 3 aromatic rings. The number of hydrogen-bond donors (Lipinski definition) is 0. The first-order valence-electron chi connectivity index (χ1n) is 9.74. The van der Waals surface area contributed by atoms with Crippen molar-refractivity contribution in [2.45, 2.75) is 33.7 Å². The zero-order valence-electron chi connectivity index (χ0n) is 16.5. The first-order chi connectivity index (χ1) is 13.4. The van der Waals surface area contributed by atoms with Crippen LogP contribution < -0.4 is 5.56 Å². The summed E-state index contributed by atoms with van der Waals surface area (Å²) in [5.41, 5.74) is 2.92. The van der Waals surface area contributed by atoms with Gasteiger partial charge in [-0.25, -0.2) is 4.98 Å². The molecule has 0 saturated carbocycles. The number of aryl methyl sites for hydroxylation is 1. The van der Waals surface area contributed by atoms with Gasteiger partial charge in [-0.3, -0.25) is 14.2 Å². The molecule has 0 unspecified atom stereocenters. The Balaban J connectivity index is 1.66. The van der Waals surface area contributed by atoms with Gasteiger partial charge in [-0.2, -0.15) is 0 Å². The number of benzene rings is 1. The number of carbonyl (C=O) groups excluding carboxylic acids is 1. The molecule has 1 amide bonds. The molecule has 1 aliphatic heterocycles. The second-order valence-electron chi connectivity index (χ2n) is 8.12. The largest absolute Gasteiger partial charge is 0.341 e. The van der Waals surface area contributed by atoms with Gasteiger partial charge in [0.05, 0.1) is 11.7 Å². The molecule has 6 heteroatoms. The van der Waals surface area contributed by atoms with E-state index in [9.17, 15) is 9.59 Å². The highest BCUT2D eigenvalue weighted by molar-refractivity contribution is 7.17. The predicted octanol–water partition coefficient (Wildman–Crippen LogP) is 3.94. The van der Waals surface area contributed by atoms with Crippen molar-refractivity contribution in [3.05, 3.63) is 51.9 Å². The molecule has 1 aliphatic rings. The zero-order chi connectivity index (χ0) is 19.8. The molecule has 146 valence electrons. The van der Waals surface area contributed by atoms with E-state index in [0.717, 1.165) is 30.6 Å². The normalized spacial score (nSPS) is 19.9. The second-order valence-corrected chi connectivity index (χ2v) is 8.98. The number of rotatable bonds is 3. The van der Waals surface area contributed by atoms with E-state index in [-0.39, 0.29) is 18.0 Å². The van der Waals surface area contributed by atoms with Gasteiger partial charge in [-0.1, -0.05) is 43.7 Å². The van der Waals surface area contributed by atoms with Gasteiger partial charge in [0.2, 0.25) is 5.91 Å². The van der Waals surface area contributed by atoms with E-state index in [2.05, 4.69) is 18.8 Å². The number of amides is 1.